The number of aromatic hydroxyl groups is 2. The lowest BCUT2D eigenvalue weighted by molar-refractivity contribution is 0.0692. The highest BCUT2D eigenvalue weighted by Gasteiger charge is 2.18. The Hall–Kier alpha value is -3.09. The van der Waals surface area contributed by atoms with Gasteiger partial charge in [0.15, 0.2) is 0 Å². The summed E-state index contributed by atoms with van der Waals surface area (Å²) in [4.78, 5) is 26.5. The number of hydrogen-bond donors (Lipinski definition) is 4. The number of anilines is 1. The summed E-state index contributed by atoms with van der Waals surface area (Å²) in [6.07, 6.45) is 1.47. The number of nitrogens with one attached hydrogen (secondary N) is 1. The van der Waals surface area contributed by atoms with Crippen molar-refractivity contribution in [3.05, 3.63) is 47.7 Å². The van der Waals surface area contributed by atoms with Gasteiger partial charge in [0, 0.05) is 6.20 Å². The summed E-state index contributed by atoms with van der Waals surface area (Å²) in [5.41, 5.74) is -0.741. The molecule has 102 valence electrons. The largest absolute Gasteiger partial charge is 0.507 e. The average Bonchev–Trinajstić information content (AvgIpc) is 2.41. The predicted octanol–water partition coefficient (Wildman–Crippen LogP) is 1.44. The van der Waals surface area contributed by atoms with Gasteiger partial charge in [-0.15, -0.1) is 0 Å². The number of phenolic OH excluding ortho intramolecular Hbond substituents is 1. The summed E-state index contributed by atoms with van der Waals surface area (Å²) < 4.78 is 0. The monoisotopic (exact) mass is 274 g/mol. The summed E-state index contributed by atoms with van der Waals surface area (Å²) in [7, 11) is 0. The third-order valence-corrected chi connectivity index (χ3v) is 2.50. The molecule has 1 aromatic carbocycles. The molecule has 0 spiro atoms. The van der Waals surface area contributed by atoms with E-state index in [-0.39, 0.29) is 11.4 Å². The minimum atomic E-state index is -1.41. The van der Waals surface area contributed by atoms with Crippen LogP contribution in [0.5, 0.6) is 11.5 Å². The molecule has 1 heterocycles. The van der Waals surface area contributed by atoms with Gasteiger partial charge in [-0.3, -0.25) is 4.79 Å². The van der Waals surface area contributed by atoms with Crippen molar-refractivity contribution in [2.24, 2.45) is 0 Å². The Bertz CT molecular complexity index is 670. The molecule has 0 radical (unpaired) electrons. The lowest BCUT2D eigenvalue weighted by atomic mass is 10.1. The van der Waals surface area contributed by atoms with E-state index >= 15 is 0 Å². The van der Waals surface area contributed by atoms with Gasteiger partial charge in [-0.2, -0.15) is 0 Å². The topological polar surface area (TPSA) is 120 Å². The molecule has 1 amide bonds. The number of carbonyl (C=O) groups excluding carboxylic acids is 1. The fourth-order valence-corrected chi connectivity index (χ4v) is 1.55. The van der Waals surface area contributed by atoms with E-state index in [1.807, 2.05) is 0 Å². The first-order valence-corrected chi connectivity index (χ1v) is 5.50. The van der Waals surface area contributed by atoms with E-state index in [0.717, 1.165) is 12.1 Å². The van der Waals surface area contributed by atoms with Crippen LogP contribution in [-0.2, 0) is 0 Å². The highest BCUT2D eigenvalue weighted by Crippen LogP contribution is 2.27. The molecule has 0 saturated carbocycles. The zero-order valence-electron chi connectivity index (χ0n) is 10.1. The summed E-state index contributed by atoms with van der Waals surface area (Å²) in [6, 6.07) is 6.57. The number of aromatic carboxylic acids is 1. The lowest BCUT2D eigenvalue weighted by Crippen LogP contribution is -2.13. The zero-order chi connectivity index (χ0) is 14.7. The average molecular weight is 274 g/mol. The minimum absolute atomic E-state index is 0.252. The maximum absolute atomic E-state index is 11.9. The second-order valence-electron chi connectivity index (χ2n) is 3.86. The molecule has 7 nitrogen and oxygen atoms in total. The van der Waals surface area contributed by atoms with Gasteiger partial charge in [0.2, 0.25) is 0 Å². The first-order valence-electron chi connectivity index (χ1n) is 5.50. The van der Waals surface area contributed by atoms with Crippen LogP contribution in [-0.4, -0.2) is 32.2 Å². The Kier molecular flexibility index (Phi) is 3.52. The van der Waals surface area contributed by atoms with Crippen LogP contribution >= 0.6 is 0 Å². The number of carboxylic acid groups (broad SMARTS) is 1. The predicted molar refractivity (Wildman–Crippen MR) is 68.9 cm³/mol. The summed E-state index contributed by atoms with van der Waals surface area (Å²) in [5, 5.41) is 30.4. The fraction of sp³-hybridized carbons (Fsp3) is 0. The smallest absolute Gasteiger partial charge is 0.339 e. The van der Waals surface area contributed by atoms with Crippen LogP contribution in [0.4, 0.5) is 5.82 Å². The maximum Gasteiger partial charge on any atom is 0.339 e. The number of benzene rings is 1. The standard InChI is InChI=1S/C13H10N2O5/c16-9-6-8(13(19)20)10(17)5-7(9)12(18)15-11-3-1-2-4-14-11/h1-6,16-17H,(H,19,20)(H,14,15,18). The molecule has 0 bridgehead atoms. The number of carbonyl (C=O) groups is 2. The molecule has 0 aliphatic heterocycles. The third kappa shape index (κ3) is 2.66. The molecule has 0 aliphatic rings. The van der Waals surface area contributed by atoms with Crippen LogP contribution in [0.1, 0.15) is 20.7 Å². The third-order valence-electron chi connectivity index (χ3n) is 2.50. The lowest BCUT2D eigenvalue weighted by Gasteiger charge is -2.08. The van der Waals surface area contributed by atoms with Crippen molar-refractivity contribution in [1.82, 2.24) is 4.98 Å². The Balaban J connectivity index is 2.31. The SMILES string of the molecule is O=C(O)c1cc(O)c(C(=O)Nc2ccccn2)cc1O. The first kappa shape index (κ1) is 13.3. The Morgan fingerprint density at radius 3 is 2.30 bits per heavy atom. The maximum atomic E-state index is 11.9. The molecule has 4 N–H and O–H groups in total. The second kappa shape index (κ2) is 5.27. The Labute approximate surface area is 113 Å². The van der Waals surface area contributed by atoms with E-state index in [4.69, 9.17) is 5.11 Å². The van der Waals surface area contributed by atoms with Gasteiger partial charge < -0.3 is 20.6 Å². The highest BCUT2D eigenvalue weighted by molar-refractivity contribution is 6.07. The molecular formula is C13H10N2O5. The van der Waals surface area contributed by atoms with Crippen molar-refractivity contribution < 1.29 is 24.9 Å². The van der Waals surface area contributed by atoms with E-state index in [2.05, 4.69) is 10.3 Å². The molecule has 0 fully saturated rings. The van der Waals surface area contributed by atoms with Crippen molar-refractivity contribution in [1.29, 1.82) is 0 Å². The van der Waals surface area contributed by atoms with E-state index in [1.165, 1.54) is 6.20 Å². The van der Waals surface area contributed by atoms with Gasteiger partial charge in [-0.05, 0) is 24.3 Å². The summed E-state index contributed by atoms with van der Waals surface area (Å²) in [5.74, 6) is -3.02. The molecule has 2 rings (SSSR count). The second-order valence-corrected chi connectivity index (χ2v) is 3.86. The number of hydrogen-bond acceptors (Lipinski definition) is 5. The quantitative estimate of drug-likeness (QED) is 0.629. The Morgan fingerprint density at radius 1 is 1.05 bits per heavy atom. The molecule has 0 aliphatic carbocycles. The number of pyridine rings is 1. The number of nitrogens with zero attached hydrogens (tertiary/aromatic N) is 1. The highest BCUT2D eigenvalue weighted by atomic mass is 16.4. The molecule has 2 aromatic rings. The van der Waals surface area contributed by atoms with E-state index in [9.17, 15) is 19.8 Å². The molecule has 20 heavy (non-hydrogen) atoms. The first-order chi connectivity index (χ1) is 9.49. The van der Waals surface area contributed by atoms with Crippen molar-refractivity contribution in [2.75, 3.05) is 5.32 Å². The van der Waals surface area contributed by atoms with Gasteiger partial charge >= 0.3 is 5.97 Å². The van der Waals surface area contributed by atoms with Crippen LogP contribution in [0.25, 0.3) is 0 Å². The van der Waals surface area contributed by atoms with Crippen LogP contribution < -0.4 is 5.32 Å². The molecular weight excluding hydrogens is 264 g/mol. The minimum Gasteiger partial charge on any atom is -0.507 e. The molecule has 0 unspecified atom stereocenters. The van der Waals surface area contributed by atoms with Gasteiger partial charge in [-0.1, -0.05) is 6.07 Å². The van der Waals surface area contributed by atoms with Gasteiger partial charge in [0.1, 0.15) is 22.9 Å². The summed E-state index contributed by atoms with van der Waals surface area (Å²) in [6.45, 7) is 0. The van der Waals surface area contributed by atoms with Crippen LogP contribution in [0.15, 0.2) is 36.5 Å². The van der Waals surface area contributed by atoms with Gasteiger partial charge in [0.25, 0.3) is 5.91 Å². The van der Waals surface area contributed by atoms with Crippen LogP contribution in [0, 0.1) is 0 Å². The normalized spacial score (nSPS) is 10.0. The number of carboxylic acids is 1. The molecule has 0 saturated heterocycles. The Morgan fingerprint density at radius 2 is 1.70 bits per heavy atom. The van der Waals surface area contributed by atoms with Crippen molar-refractivity contribution >= 4 is 17.7 Å². The fourth-order valence-electron chi connectivity index (χ4n) is 1.55. The number of phenols is 2. The number of rotatable bonds is 3. The van der Waals surface area contributed by atoms with E-state index in [1.54, 1.807) is 18.2 Å². The molecule has 7 heteroatoms. The van der Waals surface area contributed by atoms with E-state index < -0.39 is 28.9 Å². The van der Waals surface area contributed by atoms with Crippen LogP contribution in [0.3, 0.4) is 0 Å². The zero-order valence-corrected chi connectivity index (χ0v) is 10.1. The molecule has 1 aromatic heterocycles. The van der Waals surface area contributed by atoms with Crippen molar-refractivity contribution in [3.63, 3.8) is 0 Å². The van der Waals surface area contributed by atoms with Crippen molar-refractivity contribution in [3.8, 4) is 11.5 Å². The van der Waals surface area contributed by atoms with E-state index in [0.29, 0.717) is 0 Å². The number of amides is 1. The molecule has 0 atom stereocenters. The summed E-state index contributed by atoms with van der Waals surface area (Å²) >= 11 is 0. The van der Waals surface area contributed by atoms with Crippen LogP contribution in [0.2, 0.25) is 0 Å². The number of aromatic nitrogens is 1. The van der Waals surface area contributed by atoms with Crippen molar-refractivity contribution in [2.45, 2.75) is 0 Å². The van der Waals surface area contributed by atoms with Gasteiger partial charge in [0.05, 0.1) is 5.56 Å². The van der Waals surface area contributed by atoms with Gasteiger partial charge in [-0.25, -0.2) is 9.78 Å².